The molecular formula is C15H23N3S2. The van der Waals surface area contributed by atoms with Crippen molar-refractivity contribution >= 4 is 33.8 Å². The standard InChI is InChI=1S/C15H23N3S2/c1-10(2)11-5-4-7-18(8-6-11)15-14(19-3)13(17)12(9-16)20-15/h10-11H,4-8,17H2,1-3H3. The van der Waals surface area contributed by atoms with Crippen LogP contribution in [0.15, 0.2) is 4.90 Å². The van der Waals surface area contributed by atoms with E-state index < -0.39 is 0 Å². The summed E-state index contributed by atoms with van der Waals surface area (Å²) in [6.45, 7) is 6.82. The molecule has 1 saturated heterocycles. The quantitative estimate of drug-likeness (QED) is 0.851. The summed E-state index contributed by atoms with van der Waals surface area (Å²) in [6, 6.07) is 2.23. The predicted molar refractivity (Wildman–Crippen MR) is 89.6 cm³/mol. The fourth-order valence-electron chi connectivity index (χ4n) is 2.90. The van der Waals surface area contributed by atoms with E-state index in [4.69, 9.17) is 5.73 Å². The summed E-state index contributed by atoms with van der Waals surface area (Å²) in [5.74, 6) is 1.59. The zero-order valence-electron chi connectivity index (χ0n) is 12.5. The highest BCUT2D eigenvalue weighted by atomic mass is 32.2. The molecule has 1 aromatic heterocycles. The van der Waals surface area contributed by atoms with Gasteiger partial charge in [0.05, 0.1) is 10.6 Å². The summed E-state index contributed by atoms with van der Waals surface area (Å²) in [5, 5.41) is 10.4. The van der Waals surface area contributed by atoms with E-state index in [0.29, 0.717) is 10.6 Å². The van der Waals surface area contributed by atoms with Gasteiger partial charge < -0.3 is 10.6 Å². The molecule has 1 atom stereocenters. The van der Waals surface area contributed by atoms with Crippen LogP contribution in [0.1, 0.15) is 38.0 Å². The van der Waals surface area contributed by atoms with Crippen molar-refractivity contribution in [1.82, 2.24) is 0 Å². The first-order chi connectivity index (χ1) is 9.58. The van der Waals surface area contributed by atoms with Crippen LogP contribution in [0.3, 0.4) is 0 Å². The van der Waals surface area contributed by atoms with Crippen molar-refractivity contribution in [3.63, 3.8) is 0 Å². The lowest BCUT2D eigenvalue weighted by molar-refractivity contribution is 0.351. The van der Waals surface area contributed by atoms with Crippen molar-refractivity contribution in [3.05, 3.63) is 4.88 Å². The van der Waals surface area contributed by atoms with Gasteiger partial charge in [0.2, 0.25) is 0 Å². The highest BCUT2D eigenvalue weighted by Crippen LogP contribution is 2.44. The Morgan fingerprint density at radius 3 is 2.75 bits per heavy atom. The maximum Gasteiger partial charge on any atom is 0.131 e. The first kappa shape index (κ1) is 15.5. The SMILES string of the molecule is CSc1c(N2CCCC(C(C)C)CC2)sc(C#N)c1N. The van der Waals surface area contributed by atoms with Crippen molar-refractivity contribution in [3.8, 4) is 6.07 Å². The lowest BCUT2D eigenvalue weighted by Gasteiger charge is -2.23. The number of nitriles is 1. The Kier molecular flexibility index (Phi) is 5.22. The van der Waals surface area contributed by atoms with Gasteiger partial charge in [-0.2, -0.15) is 5.26 Å². The smallest absolute Gasteiger partial charge is 0.131 e. The zero-order valence-corrected chi connectivity index (χ0v) is 14.1. The van der Waals surface area contributed by atoms with Gasteiger partial charge in [0.25, 0.3) is 0 Å². The number of hydrogen-bond acceptors (Lipinski definition) is 5. The summed E-state index contributed by atoms with van der Waals surface area (Å²) in [6.07, 6.45) is 5.83. The Balaban J connectivity index is 2.22. The third kappa shape index (κ3) is 3.07. The van der Waals surface area contributed by atoms with Gasteiger partial charge >= 0.3 is 0 Å². The number of hydrogen-bond donors (Lipinski definition) is 1. The summed E-state index contributed by atoms with van der Waals surface area (Å²) < 4.78 is 0. The molecule has 0 aromatic carbocycles. The minimum Gasteiger partial charge on any atom is -0.396 e. The zero-order chi connectivity index (χ0) is 14.7. The number of thiophene rings is 1. The van der Waals surface area contributed by atoms with E-state index in [0.717, 1.165) is 29.8 Å². The molecule has 1 unspecified atom stereocenters. The molecule has 3 nitrogen and oxygen atoms in total. The highest BCUT2D eigenvalue weighted by molar-refractivity contribution is 7.99. The van der Waals surface area contributed by atoms with E-state index in [2.05, 4.69) is 24.8 Å². The molecule has 1 aromatic rings. The van der Waals surface area contributed by atoms with Crippen LogP contribution in [0.25, 0.3) is 0 Å². The van der Waals surface area contributed by atoms with Crippen LogP contribution in [-0.2, 0) is 0 Å². The lowest BCUT2D eigenvalue weighted by atomic mass is 9.89. The molecule has 2 rings (SSSR count). The van der Waals surface area contributed by atoms with Gasteiger partial charge in [0.1, 0.15) is 15.9 Å². The minimum absolute atomic E-state index is 0.661. The van der Waals surface area contributed by atoms with Crippen LogP contribution < -0.4 is 10.6 Å². The number of thioether (sulfide) groups is 1. The van der Waals surface area contributed by atoms with Crippen LogP contribution in [0.4, 0.5) is 10.7 Å². The van der Waals surface area contributed by atoms with Crippen LogP contribution in [0.2, 0.25) is 0 Å². The van der Waals surface area contributed by atoms with Crippen molar-refractivity contribution in [2.75, 3.05) is 30.0 Å². The Morgan fingerprint density at radius 1 is 1.40 bits per heavy atom. The van der Waals surface area contributed by atoms with Gasteiger partial charge in [-0.1, -0.05) is 13.8 Å². The molecular weight excluding hydrogens is 286 g/mol. The summed E-state index contributed by atoms with van der Waals surface area (Å²) in [7, 11) is 0. The van der Waals surface area contributed by atoms with Gasteiger partial charge in [-0.25, -0.2) is 0 Å². The Hall–Kier alpha value is -0.860. The molecule has 5 heteroatoms. The largest absolute Gasteiger partial charge is 0.396 e. The molecule has 0 aliphatic carbocycles. The molecule has 0 spiro atoms. The van der Waals surface area contributed by atoms with E-state index >= 15 is 0 Å². The van der Waals surface area contributed by atoms with Gasteiger partial charge in [-0.15, -0.1) is 23.1 Å². The van der Waals surface area contributed by atoms with E-state index in [-0.39, 0.29) is 0 Å². The first-order valence-electron chi connectivity index (χ1n) is 7.19. The molecule has 2 N–H and O–H groups in total. The number of rotatable bonds is 3. The molecule has 110 valence electrons. The Bertz CT molecular complexity index is 502. The monoisotopic (exact) mass is 309 g/mol. The van der Waals surface area contributed by atoms with Crippen LogP contribution >= 0.6 is 23.1 Å². The molecule has 2 heterocycles. The summed E-state index contributed by atoms with van der Waals surface area (Å²) in [5.41, 5.74) is 6.76. The maximum absolute atomic E-state index is 9.17. The molecule has 1 fully saturated rings. The van der Waals surface area contributed by atoms with Gasteiger partial charge in [0.15, 0.2) is 0 Å². The number of nitrogens with two attached hydrogens (primary N) is 1. The van der Waals surface area contributed by atoms with Gasteiger partial charge in [-0.05, 0) is 37.4 Å². The van der Waals surface area contributed by atoms with Gasteiger partial charge in [-0.3, -0.25) is 0 Å². The second kappa shape index (κ2) is 6.73. The minimum atomic E-state index is 0.661. The number of anilines is 2. The average molecular weight is 310 g/mol. The molecule has 1 aliphatic heterocycles. The third-order valence-electron chi connectivity index (χ3n) is 4.19. The van der Waals surface area contributed by atoms with Crippen molar-refractivity contribution in [1.29, 1.82) is 5.26 Å². The Morgan fingerprint density at radius 2 is 2.15 bits per heavy atom. The first-order valence-corrected chi connectivity index (χ1v) is 9.23. The maximum atomic E-state index is 9.17. The second-order valence-electron chi connectivity index (χ2n) is 5.72. The second-order valence-corrected chi connectivity index (χ2v) is 7.53. The summed E-state index contributed by atoms with van der Waals surface area (Å²) in [4.78, 5) is 4.19. The predicted octanol–water partition coefficient (Wildman–Crippen LogP) is 4.19. The molecule has 0 radical (unpaired) electrons. The Labute approximate surface area is 130 Å². The van der Waals surface area contributed by atoms with E-state index in [1.807, 2.05) is 6.26 Å². The lowest BCUT2D eigenvalue weighted by Crippen LogP contribution is -2.24. The van der Waals surface area contributed by atoms with Crippen LogP contribution in [0.5, 0.6) is 0 Å². The molecule has 20 heavy (non-hydrogen) atoms. The number of nitrogen functional groups attached to an aromatic ring is 1. The third-order valence-corrected chi connectivity index (χ3v) is 6.31. The normalized spacial score (nSPS) is 19.9. The van der Waals surface area contributed by atoms with Crippen LogP contribution in [0, 0.1) is 23.2 Å². The van der Waals surface area contributed by atoms with Crippen molar-refractivity contribution in [2.45, 2.75) is 38.0 Å². The van der Waals surface area contributed by atoms with E-state index in [1.165, 1.54) is 24.3 Å². The topological polar surface area (TPSA) is 53.0 Å². The fourth-order valence-corrected chi connectivity index (χ4v) is 4.93. The molecule has 1 aliphatic rings. The van der Waals surface area contributed by atoms with Crippen molar-refractivity contribution < 1.29 is 0 Å². The number of nitrogens with zero attached hydrogens (tertiary/aromatic N) is 2. The van der Waals surface area contributed by atoms with Crippen LogP contribution in [-0.4, -0.2) is 19.3 Å². The molecule has 0 saturated carbocycles. The molecule has 0 amide bonds. The highest BCUT2D eigenvalue weighted by Gasteiger charge is 2.24. The molecule has 0 bridgehead atoms. The van der Waals surface area contributed by atoms with E-state index in [9.17, 15) is 5.26 Å². The summed E-state index contributed by atoms with van der Waals surface area (Å²) >= 11 is 3.21. The van der Waals surface area contributed by atoms with E-state index in [1.54, 1.807) is 23.1 Å². The van der Waals surface area contributed by atoms with Gasteiger partial charge in [0, 0.05) is 13.1 Å². The average Bonchev–Trinajstić information content (AvgIpc) is 2.62. The fraction of sp³-hybridized carbons (Fsp3) is 0.667. The van der Waals surface area contributed by atoms with Crippen molar-refractivity contribution in [2.24, 2.45) is 11.8 Å².